The SMILES string of the molecule is CCOc1ccc(CCCNC(=O)C2CCCN(S(=O)(=O)N(C)C)C2)cc1. The molecule has 7 nitrogen and oxygen atoms in total. The minimum absolute atomic E-state index is 0.0552. The van der Waals surface area contributed by atoms with Gasteiger partial charge in [0.25, 0.3) is 10.2 Å². The van der Waals surface area contributed by atoms with Crippen LogP contribution < -0.4 is 10.1 Å². The summed E-state index contributed by atoms with van der Waals surface area (Å²) in [6.07, 6.45) is 3.14. The first-order valence-electron chi connectivity index (χ1n) is 9.51. The van der Waals surface area contributed by atoms with Gasteiger partial charge in [0, 0.05) is 33.7 Å². The number of carbonyl (C=O) groups is 1. The van der Waals surface area contributed by atoms with Gasteiger partial charge < -0.3 is 10.1 Å². The number of benzene rings is 1. The minimum atomic E-state index is -3.46. The van der Waals surface area contributed by atoms with Crippen LogP contribution in [0.3, 0.4) is 0 Å². The summed E-state index contributed by atoms with van der Waals surface area (Å²) in [5, 5.41) is 2.96. The molecule has 1 unspecified atom stereocenters. The Balaban J connectivity index is 1.75. The van der Waals surface area contributed by atoms with Gasteiger partial charge in [-0.15, -0.1) is 0 Å². The predicted molar refractivity (Wildman–Crippen MR) is 106 cm³/mol. The second kappa shape index (κ2) is 10.1. The number of nitrogens with one attached hydrogen (secondary N) is 1. The molecule has 1 amide bonds. The molecule has 1 aliphatic rings. The van der Waals surface area contributed by atoms with Crippen molar-refractivity contribution in [1.29, 1.82) is 0 Å². The van der Waals surface area contributed by atoms with E-state index in [1.165, 1.54) is 28.3 Å². The normalized spacial score (nSPS) is 18.4. The Hall–Kier alpha value is -1.64. The molecule has 0 saturated carbocycles. The predicted octanol–water partition coefficient (Wildman–Crippen LogP) is 1.65. The number of nitrogens with zero attached hydrogens (tertiary/aromatic N) is 2. The molecule has 1 fully saturated rings. The van der Waals surface area contributed by atoms with Gasteiger partial charge in [-0.05, 0) is 50.3 Å². The van der Waals surface area contributed by atoms with E-state index in [9.17, 15) is 13.2 Å². The Morgan fingerprint density at radius 2 is 2.00 bits per heavy atom. The first-order valence-corrected chi connectivity index (χ1v) is 10.9. The van der Waals surface area contributed by atoms with Crippen molar-refractivity contribution < 1.29 is 17.9 Å². The average Bonchev–Trinajstić information content (AvgIpc) is 2.66. The summed E-state index contributed by atoms with van der Waals surface area (Å²) in [7, 11) is -0.431. The van der Waals surface area contributed by atoms with E-state index in [2.05, 4.69) is 5.32 Å². The lowest BCUT2D eigenvalue weighted by Gasteiger charge is -2.32. The first-order chi connectivity index (χ1) is 12.8. The van der Waals surface area contributed by atoms with Crippen LogP contribution in [-0.4, -0.2) is 63.3 Å². The van der Waals surface area contributed by atoms with Gasteiger partial charge in [0.05, 0.1) is 12.5 Å². The van der Waals surface area contributed by atoms with E-state index in [4.69, 9.17) is 4.74 Å². The summed E-state index contributed by atoms with van der Waals surface area (Å²) >= 11 is 0. The van der Waals surface area contributed by atoms with Gasteiger partial charge in [-0.1, -0.05) is 12.1 Å². The van der Waals surface area contributed by atoms with Gasteiger partial charge in [-0.2, -0.15) is 17.0 Å². The molecule has 1 saturated heterocycles. The largest absolute Gasteiger partial charge is 0.494 e. The third-order valence-electron chi connectivity index (χ3n) is 4.72. The van der Waals surface area contributed by atoms with Gasteiger partial charge in [-0.3, -0.25) is 4.79 Å². The number of amides is 1. The van der Waals surface area contributed by atoms with E-state index in [1.807, 2.05) is 31.2 Å². The van der Waals surface area contributed by atoms with Crippen molar-refractivity contribution in [3.8, 4) is 5.75 Å². The molecule has 0 aliphatic carbocycles. The molecule has 0 bridgehead atoms. The Bertz CT molecular complexity index is 704. The lowest BCUT2D eigenvalue weighted by Crippen LogP contribution is -2.48. The third kappa shape index (κ3) is 6.19. The minimum Gasteiger partial charge on any atom is -0.494 e. The molecule has 0 aromatic heterocycles. The van der Waals surface area contributed by atoms with Crippen molar-refractivity contribution >= 4 is 16.1 Å². The number of piperidine rings is 1. The zero-order valence-corrected chi connectivity index (χ0v) is 17.3. The van der Waals surface area contributed by atoms with E-state index < -0.39 is 10.2 Å². The molecule has 0 spiro atoms. The molecule has 1 N–H and O–H groups in total. The number of hydrogen-bond donors (Lipinski definition) is 1. The standard InChI is InChI=1S/C19H31N3O4S/c1-4-26-18-11-9-16(10-12-18)7-5-13-20-19(23)17-8-6-14-22(15-17)27(24,25)21(2)3/h9-12,17H,4-8,13-15H2,1-3H3,(H,20,23). The Kier molecular flexibility index (Phi) is 8.07. The highest BCUT2D eigenvalue weighted by Gasteiger charge is 2.33. The number of aryl methyl sites for hydroxylation is 1. The smallest absolute Gasteiger partial charge is 0.281 e. The van der Waals surface area contributed by atoms with Crippen molar-refractivity contribution in [2.24, 2.45) is 5.92 Å². The highest BCUT2D eigenvalue weighted by molar-refractivity contribution is 7.86. The van der Waals surface area contributed by atoms with Gasteiger partial charge in [-0.25, -0.2) is 0 Å². The second-order valence-electron chi connectivity index (χ2n) is 6.96. The summed E-state index contributed by atoms with van der Waals surface area (Å²) < 4.78 is 32.5. The van der Waals surface area contributed by atoms with Crippen molar-refractivity contribution in [3.63, 3.8) is 0 Å². The van der Waals surface area contributed by atoms with Crippen LogP contribution in [0, 0.1) is 5.92 Å². The fraction of sp³-hybridized carbons (Fsp3) is 0.632. The van der Waals surface area contributed by atoms with E-state index >= 15 is 0 Å². The fourth-order valence-electron chi connectivity index (χ4n) is 3.16. The molecule has 1 heterocycles. The van der Waals surface area contributed by atoms with Crippen LogP contribution >= 0.6 is 0 Å². The highest BCUT2D eigenvalue weighted by Crippen LogP contribution is 2.20. The molecule has 1 aliphatic heterocycles. The van der Waals surface area contributed by atoms with Crippen molar-refractivity contribution in [2.45, 2.75) is 32.6 Å². The lowest BCUT2D eigenvalue weighted by atomic mass is 9.99. The molecule has 152 valence electrons. The van der Waals surface area contributed by atoms with Gasteiger partial charge >= 0.3 is 0 Å². The third-order valence-corrected chi connectivity index (χ3v) is 6.63. The maximum absolute atomic E-state index is 12.4. The van der Waals surface area contributed by atoms with Crippen molar-refractivity contribution in [2.75, 3.05) is 40.3 Å². The summed E-state index contributed by atoms with van der Waals surface area (Å²) in [6.45, 7) is 3.92. The van der Waals surface area contributed by atoms with Crippen LogP contribution in [0.2, 0.25) is 0 Å². The average molecular weight is 398 g/mol. The quantitative estimate of drug-likeness (QED) is 0.643. The fourth-order valence-corrected chi connectivity index (χ4v) is 4.35. The van der Waals surface area contributed by atoms with Gasteiger partial charge in [0.1, 0.15) is 5.75 Å². The van der Waals surface area contributed by atoms with Crippen LogP contribution in [0.4, 0.5) is 0 Å². The Morgan fingerprint density at radius 3 is 2.63 bits per heavy atom. The van der Waals surface area contributed by atoms with Crippen LogP contribution in [-0.2, 0) is 21.4 Å². The molecular formula is C19H31N3O4S. The summed E-state index contributed by atoms with van der Waals surface area (Å²) in [6, 6.07) is 7.99. The Morgan fingerprint density at radius 1 is 1.30 bits per heavy atom. The maximum Gasteiger partial charge on any atom is 0.281 e. The number of ether oxygens (including phenoxy) is 1. The van der Waals surface area contributed by atoms with Crippen LogP contribution in [0.25, 0.3) is 0 Å². The molecule has 8 heteroatoms. The lowest BCUT2D eigenvalue weighted by molar-refractivity contribution is -0.126. The van der Waals surface area contributed by atoms with Crippen molar-refractivity contribution in [3.05, 3.63) is 29.8 Å². The molecule has 1 atom stereocenters. The highest BCUT2D eigenvalue weighted by atomic mass is 32.2. The summed E-state index contributed by atoms with van der Waals surface area (Å²) in [5.41, 5.74) is 1.20. The Labute approximate surface area is 162 Å². The van der Waals surface area contributed by atoms with Crippen LogP contribution in [0.1, 0.15) is 31.7 Å². The van der Waals surface area contributed by atoms with Crippen LogP contribution in [0.5, 0.6) is 5.75 Å². The molecule has 1 aromatic rings. The molecule has 2 rings (SSSR count). The maximum atomic E-state index is 12.4. The van der Waals surface area contributed by atoms with E-state index in [0.29, 0.717) is 26.1 Å². The zero-order chi connectivity index (χ0) is 19.9. The summed E-state index contributed by atoms with van der Waals surface area (Å²) in [5.74, 6) is 0.531. The number of hydrogen-bond acceptors (Lipinski definition) is 4. The molecular weight excluding hydrogens is 366 g/mol. The molecule has 27 heavy (non-hydrogen) atoms. The zero-order valence-electron chi connectivity index (χ0n) is 16.5. The monoisotopic (exact) mass is 397 g/mol. The topological polar surface area (TPSA) is 79.0 Å². The van der Waals surface area contributed by atoms with E-state index in [1.54, 1.807) is 0 Å². The summed E-state index contributed by atoms with van der Waals surface area (Å²) in [4.78, 5) is 12.4. The van der Waals surface area contributed by atoms with E-state index in [-0.39, 0.29) is 18.4 Å². The second-order valence-corrected chi connectivity index (χ2v) is 9.10. The number of rotatable bonds is 9. The van der Waals surface area contributed by atoms with Gasteiger partial charge in [0.15, 0.2) is 0 Å². The molecule has 0 radical (unpaired) electrons. The van der Waals surface area contributed by atoms with Gasteiger partial charge in [0.2, 0.25) is 5.91 Å². The molecule has 1 aromatic carbocycles. The van der Waals surface area contributed by atoms with Crippen LogP contribution in [0.15, 0.2) is 24.3 Å². The van der Waals surface area contributed by atoms with Crippen molar-refractivity contribution in [1.82, 2.24) is 13.9 Å². The first kappa shape index (κ1) is 21.7. The number of carbonyl (C=O) groups excluding carboxylic acids is 1. The van der Waals surface area contributed by atoms with E-state index in [0.717, 1.165) is 25.0 Å².